The third-order valence-corrected chi connectivity index (χ3v) is 2.81. The number of oxazole rings is 1. The predicted octanol–water partition coefficient (Wildman–Crippen LogP) is 2.87. The highest BCUT2D eigenvalue weighted by Crippen LogP contribution is 2.20. The van der Waals surface area contributed by atoms with Gasteiger partial charge in [-0.05, 0) is 34.1 Å². The second-order valence-electron chi connectivity index (χ2n) is 6.25. The van der Waals surface area contributed by atoms with Gasteiger partial charge in [-0.1, -0.05) is 6.92 Å². The van der Waals surface area contributed by atoms with Crippen molar-refractivity contribution in [1.29, 1.82) is 0 Å². The lowest BCUT2D eigenvalue weighted by Crippen LogP contribution is -2.38. The van der Waals surface area contributed by atoms with Gasteiger partial charge >= 0.3 is 12.1 Å². The molecule has 1 N–H and O–H groups in total. The molecule has 1 rings (SSSR count). The Morgan fingerprint density at radius 3 is 2.55 bits per heavy atom. The lowest BCUT2D eigenvalue weighted by molar-refractivity contribution is 0.0503. The Morgan fingerprint density at radius 2 is 2.00 bits per heavy atom. The van der Waals surface area contributed by atoms with Gasteiger partial charge < -0.3 is 19.2 Å². The standard InChI is InChI=1S/C15H24N2O5/c1-9(12-17-11(8-21-12)13(18)20-6)7-10(2)16-14(19)22-15(3,4)5/h8-10H,7H2,1-6H3,(H,16,19)/t9-,10-/m0/s1. The van der Waals surface area contributed by atoms with Crippen LogP contribution in [0.1, 0.15) is 63.3 Å². The summed E-state index contributed by atoms with van der Waals surface area (Å²) in [5.74, 6) is -0.177. The molecule has 1 amide bonds. The van der Waals surface area contributed by atoms with Crippen LogP contribution < -0.4 is 5.32 Å². The molecule has 0 aromatic carbocycles. The van der Waals surface area contributed by atoms with Crippen LogP contribution in [-0.2, 0) is 9.47 Å². The third kappa shape index (κ3) is 5.75. The minimum Gasteiger partial charge on any atom is -0.464 e. The minimum atomic E-state index is -0.540. The molecule has 0 aliphatic carbocycles. The Morgan fingerprint density at radius 1 is 1.36 bits per heavy atom. The number of nitrogens with zero attached hydrogens (tertiary/aromatic N) is 1. The molecule has 0 fully saturated rings. The van der Waals surface area contributed by atoms with Gasteiger partial charge in [0.25, 0.3) is 0 Å². The number of alkyl carbamates (subject to hydrolysis) is 1. The van der Waals surface area contributed by atoms with Crippen molar-refractivity contribution in [2.45, 2.75) is 58.6 Å². The Kier molecular flexibility index (Phi) is 5.96. The van der Waals surface area contributed by atoms with E-state index in [0.717, 1.165) is 0 Å². The van der Waals surface area contributed by atoms with Crippen LogP contribution in [0.2, 0.25) is 0 Å². The van der Waals surface area contributed by atoms with E-state index in [0.29, 0.717) is 12.3 Å². The molecule has 0 bridgehead atoms. The summed E-state index contributed by atoms with van der Waals surface area (Å²) in [6.07, 6.45) is 1.40. The summed E-state index contributed by atoms with van der Waals surface area (Å²) in [5.41, 5.74) is -0.398. The van der Waals surface area contributed by atoms with Gasteiger partial charge in [0.15, 0.2) is 11.6 Å². The van der Waals surface area contributed by atoms with E-state index in [1.807, 2.05) is 13.8 Å². The van der Waals surface area contributed by atoms with Gasteiger partial charge in [0.1, 0.15) is 11.9 Å². The molecule has 0 aliphatic rings. The molecular formula is C15H24N2O5. The molecule has 7 nitrogen and oxygen atoms in total. The maximum absolute atomic E-state index is 11.7. The Bertz CT molecular complexity index is 518. The minimum absolute atomic E-state index is 0.0663. The first kappa shape index (κ1) is 18.0. The number of methoxy groups -OCH3 is 1. The number of carbonyl (C=O) groups is 2. The number of hydrogen-bond donors (Lipinski definition) is 1. The molecule has 7 heteroatoms. The fraction of sp³-hybridized carbons (Fsp3) is 0.667. The molecule has 2 atom stereocenters. The molecule has 22 heavy (non-hydrogen) atoms. The maximum atomic E-state index is 11.7. The zero-order chi connectivity index (χ0) is 16.9. The number of rotatable bonds is 5. The first-order valence-corrected chi connectivity index (χ1v) is 7.15. The smallest absolute Gasteiger partial charge is 0.407 e. The van der Waals surface area contributed by atoms with E-state index < -0.39 is 17.7 Å². The number of ether oxygens (including phenoxy) is 2. The molecule has 0 saturated carbocycles. The Hall–Kier alpha value is -2.05. The van der Waals surface area contributed by atoms with Crippen LogP contribution in [0.4, 0.5) is 4.79 Å². The molecule has 1 aromatic rings. The van der Waals surface area contributed by atoms with Crippen LogP contribution in [0.3, 0.4) is 0 Å². The summed E-state index contributed by atoms with van der Waals surface area (Å²) in [4.78, 5) is 27.1. The average molecular weight is 312 g/mol. The Labute approximate surface area is 130 Å². The first-order valence-electron chi connectivity index (χ1n) is 7.15. The molecule has 1 aromatic heterocycles. The van der Waals surface area contributed by atoms with Gasteiger partial charge in [-0.2, -0.15) is 0 Å². The maximum Gasteiger partial charge on any atom is 0.407 e. The van der Waals surface area contributed by atoms with E-state index in [9.17, 15) is 9.59 Å². The lowest BCUT2D eigenvalue weighted by Gasteiger charge is -2.22. The summed E-state index contributed by atoms with van der Waals surface area (Å²) in [7, 11) is 1.28. The number of amides is 1. The van der Waals surface area contributed by atoms with E-state index in [1.54, 1.807) is 20.8 Å². The fourth-order valence-electron chi connectivity index (χ4n) is 1.91. The molecule has 1 heterocycles. The molecular weight excluding hydrogens is 288 g/mol. The second kappa shape index (κ2) is 7.29. The van der Waals surface area contributed by atoms with Crippen molar-refractivity contribution in [3.63, 3.8) is 0 Å². The van der Waals surface area contributed by atoms with Crippen molar-refractivity contribution in [3.05, 3.63) is 17.8 Å². The van der Waals surface area contributed by atoms with Crippen molar-refractivity contribution < 1.29 is 23.5 Å². The summed E-state index contributed by atoms with van der Waals surface area (Å²) in [5, 5.41) is 2.76. The summed E-state index contributed by atoms with van der Waals surface area (Å²) < 4.78 is 15.0. The topological polar surface area (TPSA) is 90.7 Å². The highest BCUT2D eigenvalue weighted by molar-refractivity contribution is 5.86. The Balaban J connectivity index is 2.53. The van der Waals surface area contributed by atoms with E-state index in [-0.39, 0.29) is 17.7 Å². The van der Waals surface area contributed by atoms with Gasteiger partial charge in [-0.15, -0.1) is 0 Å². The second-order valence-corrected chi connectivity index (χ2v) is 6.25. The molecule has 0 radical (unpaired) electrons. The zero-order valence-electron chi connectivity index (χ0n) is 13.9. The molecule has 0 saturated heterocycles. The van der Waals surface area contributed by atoms with E-state index >= 15 is 0 Å². The van der Waals surface area contributed by atoms with Crippen molar-refractivity contribution >= 4 is 12.1 Å². The van der Waals surface area contributed by atoms with E-state index in [1.165, 1.54) is 13.4 Å². The lowest BCUT2D eigenvalue weighted by atomic mass is 10.0. The largest absolute Gasteiger partial charge is 0.464 e. The van der Waals surface area contributed by atoms with Crippen molar-refractivity contribution in [2.75, 3.05) is 7.11 Å². The van der Waals surface area contributed by atoms with Crippen LogP contribution >= 0.6 is 0 Å². The van der Waals surface area contributed by atoms with Crippen molar-refractivity contribution in [2.24, 2.45) is 0 Å². The molecule has 0 aliphatic heterocycles. The SMILES string of the molecule is COC(=O)c1coc([C@@H](C)C[C@H](C)NC(=O)OC(C)(C)C)n1. The highest BCUT2D eigenvalue weighted by Gasteiger charge is 2.22. The molecule has 0 unspecified atom stereocenters. The zero-order valence-corrected chi connectivity index (χ0v) is 13.9. The van der Waals surface area contributed by atoms with Crippen LogP contribution in [0.25, 0.3) is 0 Å². The van der Waals surface area contributed by atoms with Gasteiger partial charge in [0, 0.05) is 12.0 Å². The number of carbonyl (C=O) groups excluding carboxylic acids is 2. The average Bonchev–Trinajstić information content (AvgIpc) is 2.84. The quantitative estimate of drug-likeness (QED) is 0.841. The monoisotopic (exact) mass is 312 g/mol. The van der Waals surface area contributed by atoms with Crippen molar-refractivity contribution in [3.8, 4) is 0 Å². The van der Waals surface area contributed by atoms with Gasteiger partial charge in [0.05, 0.1) is 7.11 Å². The van der Waals surface area contributed by atoms with E-state index in [4.69, 9.17) is 9.15 Å². The summed E-state index contributed by atoms with van der Waals surface area (Å²) in [6.45, 7) is 9.19. The summed E-state index contributed by atoms with van der Waals surface area (Å²) in [6, 6.07) is -0.127. The number of esters is 1. The van der Waals surface area contributed by atoms with Gasteiger partial charge in [-0.3, -0.25) is 0 Å². The molecule has 124 valence electrons. The van der Waals surface area contributed by atoms with Crippen LogP contribution in [-0.4, -0.2) is 35.8 Å². The van der Waals surface area contributed by atoms with E-state index in [2.05, 4.69) is 15.0 Å². The van der Waals surface area contributed by atoms with Crippen LogP contribution in [0, 0.1) is 0 Å². The fourth-order valence-corrected chi connectivity index (χ4v) is 1.91. The number of aromatic nitrogens is 1. The number of hydrogen-bond acceptors (Lipinski definition) is 6. The van der Waals surface area contributed by atoms with Crippen molar-refractivity contribution in [1.82, 2.24) is 10.3 Å². The van der Waals surface area contributed by atoms with Crippen LogP contribution in [0.5, 0.6) is 0 Å². The normalized spacial score (nSPS) is 14.1. The third-order valence-electron chi connectivity index (χ3n) is 2.81. The highest BCUT2D eigenvalue weighted by atomic mass is 16.6. The predicted molar refractivity (Wildman–Crippen MR) is 79.7 cm³/mol. The molecule has 0 spiro atoms. The van der Waals surface area contributed by atoms with Gasteiger partial charge in [0.2, 0.25) is 0 Å². The summed E-state index contributed by atoms with van der Waals surface area (Å²) >= 11 is 0. The van der Waals surface area contributed by atoms with Crippen LogP contribution in [0.15, 0.2) is 10.7 Å². The van der Waals surface area contributed by atoms with Gasteiger partial charge in [-0.25, -0.2) is 14.6 Å². The number of nitrogens with one attached hydrogen (secondary N) is 1. The first-order chi connectivity index (χ1) is 10.1.